The summed E-state index contributed by atoms with van der Waals surface area (Å²) >= 11 is 0. The number of aliphatic hydroxyl groups is 1. The summed E-state index contributed by atoms with van der Waals surface area (Å²) in [5.41, 5.74) is -1.67. The molecule has 1 atom stereocenters. The lowest BCUT2D eigenvalue weighted by atomic mass is 9.90. The van der Waals surface area contributed by atoms with Crippen LogP contribution in [-0.4, -0.2) is 39.0 Å². The van der Waals surface area contributed by atoms with Gasteiger partial charge in [-0.25, -0.2) is 8.78 Å². The first-order valence-corrected chi connectivity index (χ1v) is 8.54. The molecule has 2 N–H and O–H groups in total. The van der Waals surface area contributed by atoms with Crippen molar-refractivity contribution in [2.75, 3.05) is 6.54 Å². The smallest absolute Gasteiger partial charge is 0.264 e. The fourth-order valence-electron chi connectivity index (χ4n) is 3.05. The van der Waals surface area contributed by atoms with Gasteiger partial charge in [-0.2, -0.15) is 0 Å². The van der Waals surface area contributed by atoms with Crippen molar-refractivity contribution in [2.24, 2.45) is 0 Å². The van der Waals surface area contributed by atoms with Crippen molar-refractivity contribution in [2.45, 2.75) is 31.5 Å². The fraction of sp³-hybridized carbons (Fsp3) is 0.316. The van der Waals surface area contributed by atoms with Crippen LogP contribution in [0.5, 0.6) is 0 Å². The van der Waals surface area contributed by atoms with E-state index in [1.165, 1.54) is 17.0 Å². The van der Waals surface area contributed by atoms with Gasteiger partial charge < -0.3 is 15.3 Å². The second kappa shape index (κ2) is 7.79. The number of piperidine rings is 1. The number of pyridine rings is 1. The third kappa shape index (κ3) is 3.95. The zero-order valence-corrected chi connectivity index (χ0v) is 14.5. The molecule has 0 spiro atoms. The van der Waals surface area contributed by atoms with Crippen LogP contribution in [0.3, 0.4) is 0 Å². The van der Waals surface area contributed by atoms with E-state index in [4.69, 9.17) is 0 Å². The number of rotatable bonds is 5. The first-order valence-electron chi connectivity index (χ1n) is 8.54. The minimum Gasteiger partial charge on any atom is -0.372 e. The third-order valence-electron chi connectivity index (χ3n) is 4.53. The van der Waals surface area contributed by atoms with Crippen LogP contribution in [0.2, 0.25) is 0 Å². The van der Waals surface area contributed by atoms with E-state index in [1.807, 2.05) is 0 Å². The second-order valence-corrected chi connectivity index (χ2v) is 6.41. The molecule has 1 aromatic carbocycles. The third-order valence-corrected chi connectivity index (χ3v) is 4.53. The highest BCUT2D eigenvalue weighted by molar-refractivity contribution is 6.08. The molecule has 1 aromatic heterocycles. The van der Waals surface area contributed by atoms with Gasteiger partial charge in [0.2, 0.25) is 5.60 Å². The topological polar surface area (TPSA) is 82.5 Å². The summed E-state index contributed by atoms with van der Waals surface area (Å²) in [5, 5.41) is 13.2. The Kier molecular flexibility index (Phi) is 5.46. The number of likely N-dealkylation sites (tertiary alicyclic amines) is 1. The number of carbonyl (C=O) groups is 2. The highest BCUT2D eigenvalue weighted by Gasteiger charge is 2.48. The van der Waals surface area contributed by atoms with Gasteiger partial charge in [-0.05, 0) is 31.0 Å². The summed E-state index contributed by atoms with van der Waals surface area (Å²) < 4.78 is 27.3. The van der Waals surface area contributed by atoms with Crippen molar-refractivity contribution in [1.82, 2.24) is 15.2 Å². The molecule has 2 heterocycles. The molecule has 1 fully saturated rings. The quantitative estimate of drug-likeness (QED) is 0.777. The minimum absolute atomic E-state index is 0.0125. The lowest BCUT2D eigenvalue weighted by Crippen LogP contribution is -2.60. The number of nitrogens with zero attached hydrogens (tertiary/aromatic N) is 2. The molecule has 6 nitrogen and oxygen atoms in total. The van der Waals surface area contributed by atoms with E-state index < -0.39 is 29.0 Å². The maximum absolute atomic E-state index is 13.9. The van der Waals surface area contributed by atoms with Crippen LogP contribution >= 0.6 is 0 Å². The van der Waals surface area contributed by atoms with Gasteiger partial charge in [0.25, 0.3) is 11.8 Å². The Morgan fingerprint density at radius 1 is 1.26 bits per heavy atom. The molecule has 1 saturated heterocycles. The van der Waals surface area contributed by atoms with E-state index in [2.05, 4.69) is 10.3 Å². The number of aromatic nitrogens is 1. The number of benzene rings is 1. The molecule has 1 aliphatic heterocycles. The highest BCUT2D eigenvalue weighted by atomic mass is 19.2. The minimum atomic E-state index is -2.24. The Morgan fingerprint density at radius 3 is 2.81 bits per heavy atom. The Morgan fingerprint density at radius 2 is 2.07 bits per heavy atom. The van der Waals surface area contributed by atoms with E-state index in [1.54, 1.807) is 24.4 Å². The Bertz CT molecular complexity index is 847. The monoisotopic (exact) mass is 375 g/mol. The van der Waals surface area contributed by atoms with E-state index in [0.29, 0.717) is 12.1 Å². The number of carbonyl (C=O) groups excluding carboxylic acids is 2. The molecule has 0 bridgehead atoms. The van der Waals surface area contributed by atoms with Crippen molar-refractivity contribution in [3.8, 4) is 0 Å². The van der Waals surface area contributed by atoms with Crippen molar-refractivity contribution in [3.63, 3.8) is 0 Å². The van der Waals surface area contributed by atoms with Crippen LogP contribution in [0.25, 0.3) is 0 Å². The Balaban J connectivity index is 1.70. The maximum atomic E-state index is 13.9. The lowest BCUT2D eigenvalue weighted by molar-refractivity contribution is -0.166. The SMILES string of the molecule is O=C(NCc1ccccn1)[C@]1(O)CCCN(Cc2cccc(F)c2F)C1=O. The molecule has 0 aliphatic carbocycles. The molecule has 142 valence electrons. The lowest BCUT2D eigenvalue weighted by Gasteiger charge is -2.37. The Labute approximate surface area is 154 Å². The predicted octanol–water partition coefficient (Wildman–Crippen LogP) is 1.53. The predicted molar refractivity (Wildman–Crippen MR) is 92.0 cm³/mol. The van der Waals surface area contributed by atoms with Gasteiger partial charge in [0.05, 0.1) is 12.2 Å². The zero-order valence-electron chi connectivity index (χ0n) is 14.5. The van der Waals surface area contributed by atoms with Crippen LogP contribution in [0.15, 0.2) is 42.6 Å². The molecule has 8 heteroatoms. The number of halogens is 2. The van der Waals surface area contributed by atoms with Crippen LogP contribution in [-0.2, 0) is 22.7 Å². The number of amides is 2. The number of hydrogen-bond acceptors (Lipinski definition) is 4. The van der Waals surface area contributed by atoms with Gasteiger partial charge in [-0.15, -0.1) is 0 Å². The van der Waals surface area contributed by atoms with Crippen molar-refractivity contribution >= 4 is 11.8 Å². The van der Waals surface area contributed by atoms with Crippen molar-refractivity contribution in [3.05, 3.63) is 65.5 Å². The standard InChI is InChI=1S/C19H19F2N3O3/c20-15-7-3-5-13(16(15)21)12-24-10-4-8-19(27,18(24)26)17(25)23-11-14-6-1-2-9-22-14/h1-3,5-7,9,27H,4,8,10-12H2,(H,23,25)/t19-/m1/s1. The van der Waals surface area contributed by atoms with Crippen molar-refractivity contribution in [1.29, 1.82) is 0 Å². The summed E-state index contributed by atoms with van der Waals surface area (Å²) in [7, 11) is 0. The normalized spacial score (nSPS) is 19.8. The van der Waals surface area contributed by atoms with Gasteiger partial charge >= 0.3 is 0 Å². The van der Waals surface area contributed by atoms with Gasteiger partial charge in [-0.1, -0.05) is 18.2 Å². The molecule has 0 radical (unpaired) electrons. The molecule has 2 aromatic rings. The fourth-order valence-corrected chi connectivity index (χ4v) is 3.05. The average Bonchev–Trinajstić information content (AvgIpc) is 2.68. The highest BCUT2D eigenvalue weighted by Crippen LogP contribution is 2.25. The molecule has 3 rings (SSSR count). The molecule has 0 unspecified atom stereocenters. The number of hydrogen-bond donors (Lipinski definition) is 2. The van der Waals surface area contributed by atoms with E-state index in [9.17, 15) is 23.5 Å². The van der Waals surface area contributed by atoms with E-state index >= 15 is 0 Å². The summed E-state index contributed by atoms with van der Waals surface area (Å²) in [4.78, 5) is 30.4. The molecular formula is C19H19F2N3O3. The molecule has 0 saturated carbocycles. The van der Waals surface area contributed by atoms with Crippen LogP contribution < -0.4 is 5.32 Å². The van der Waals surface area contributed by atoms with Gasteiger partial charge in [0, 0.05) is 24.8 Å². The maximum Gasteiger partial charge on any atom is 0.264 e. The largest absolute Gasteiger partial charge is 0.372 e. The summed E-state index contributed by atoms with van der Waals surface area (Å²) in [6.07, 6.45) is 1.88. The first-order chi connectivity index (χ1) is 12.9. The van der Waals surface area contributed by atoms with Crippen LogP contribution in [0.4, 0.5) is 8.78 Å². The zero-order chi connectivity index (χ0) is 19.4. The Hall–Kier alpha value is -2.87. The molecule has 2 amide bonds. The summed E-state index contributed by atoms with van der Waals surface area (Å²) in [6, 6.07) is 8.87. The number of nitrogens with one attached hydrogen (secondary N) is 1. The molecular weight excluding hydrogens is 356 g/mol. The summed E-state index contributed by atoms with van der Waals surface area (Å²) in [5.74, 6) is -3.71. The molecule has 1 aliphatic rings. The second-order valence-electron chi connectivity index (χ2n) is 6.41. The van der Waals surface area contributed by atoms with E-state index in [0.717, 1.165) is 6.07 Å². The van der Waals surface area contributed by atoms with Gasteiger partial charge in [-0.3, -0.25) is 14.6 Å². The van der Waals surface area contributed by atoms with Crippen molar-refractivity contribution < 1.29 is 23.5 Å². The average molecular weight is 375 g/mol. The van der Waals surface area contributed by atoms with Gasteiger partial charge in [0.1, 0.15) is 0 Å². The van der Waals surface area contributed by atoms with Crippen LogP contribution in [0.1, 0.15) is 24.1 Å². The molecule has 27 heavy (non-hydrogen) atoms. The van der Waals surface area contributed by atoms with Crippen LogP contribution in [0, 0.1) is 11.6 Å². The van der Waals surface area contributed by atoms with Gasteiger partial charge in [0.15, 0.2) is 11.6 Å². The first kappa shape index (κ1) is 18.9. The van der Waals surface area contributed by atoms with E-state index in [-0.39, 0.29) is 31.6 Å². The summed E-state index contributed by atoms with van der Waals surface area (Å²) in [6.45, 7) is 0.0800.